The van der Waals surface area contributed by atoms with Crippen LogP contribution in [-0.4, -0.2) is 43.0 Å². The van der Waals surface area contributed by atoms with E-state index in [0.29, 0.717) is 18.5 Å². The lowest BCUT2D eigenvalue weighted by Gasteiger charge is -2.32. The summed E-state index contributed by atoms with van der Waals surface area (Å²) >= 11 is 0. The summed E-state index contributed by atoms with van der Waals surface area (Å²) in [6, 6.07) is 9.35. The number of aromatic nitrogens is 4. The predicted molar refractivity (Wildman–Crippen MR) is 93.0 cm³/mol. The Morgan fingerprint density at radius 1 is 1.23 bits per heavy atom. The van der Waals surface area contributed by atoms with Crippen LogP contribution in [0.5, 0.6) is 0 Å². The van der Waals surface area contributed by atoms with Gasteiger partial charge in [0.05, 0.1) is 22.8 Å². The molecule has 0 radical (unpaired) electrons. The molecule has 0 bridgehead atoms. The number of nitrogens with zero attached hydrogens (tertiary/aromatic N) is 4. The number of nitrogens with one attached hydrogen (secondary N) is 1. The van der Waals surface area contributed by atoms with Crippen LogP contribution in [0.15, 0.2) is 36.5 Å². The van der Waals surface area contributed by atoms with Gasteiger partial charge in [-0.3, -0.25) is 14.6 Å². The number of hydrogen-bond donors (Lipinski definition) is 2. The summed E-state index contributed by atoms with van der Waals surface area (Å²) in [5.41, 5.74) is 2.49. The molecule has 2 N–H and O–H groups in total. The lowest BCUT2D eigenvalue weighted by atomic mass is 9.80. The summed E-state index contributed by atoms with van der Waals surface area (Å²) in [4.78, 5) is 27.7. The van der Waals surface area contributed by atoms with E-state index in [1.807, 2.05) is 30.3 Å². The molecule has 2 heterocycles. The largest absolute Gasteiger partial charge is 0.481 e. The minimum Gasteiger partial charge on any atom is -0.481 e. The Bertz CT molecular complexity index is 1000. The zero-order chi connectivity index (χ0) is 18.3. The number of carbonyl (C=O) groups excluding carboxylic acids is 1. The molecule has 132 valence electrons. The number of aliphatic carboxylic acids is 1. The monoisotopic (exact) mass is 351 g/mol. The van der Waals surface area contributed by atoms with Crippen molar-refractivity contribution >= 4 is 22.8 Å². The van der Waals surface area contributed by atoms with Crippen molar-refractivity contribution < 1.29 is 14.7 Å². The van der Waals surface area contributed by atoms with Crippen molar-refractivity contribution in [2.24, 2.45) is 5.92 Å². The molecule has 0 aliphatic heterocycles. The zero-order valence-electron chi connectivity index (χ0n) is 14.1. The van der Waals surface area contributed by atoms with E-state index < -0.39 is 5.97 Å². The highest BCUT2D eigenvalue weighted by atomic mass is 16.4. The number of hydrogen-bond acceptors (Lipinski definition) is 5. The van der Waals surface area contributed by atoms with Crippen molar-refractivity contribution in [3.05, 3.63) is 47.9 Å². The second kappa shape index (κ2) is 6.21. The first-order valence-corrected chi connectivity index (χ1v) is 8.34. The van der Waals surface area contributed by atoms with Gasteiger partial charge in [0.2, 0.25) is 0 Å². The van der Waals surface area contributed by atoms with Crippen molar-refractivity contribution in [3.63, 3.8) is 0 Å². The Hall–Kier alpha value is -3.29. The average Bonchev–Trinajstić information content (AvgIpc) is 2.98. The van der Waals surface area contributed by atoms with Crippen molar-refractivity contribution in [2.75, 3.05) is 0 Å². The molecule has 1 fully saturated rings. The van der Waals surface area contributed by atoms with Crippen molar-refractivity contribution in [1.29, 1.82) is 0 Å². The fourth-order valence-electron chi connectivity index (χ4n) is 3.23. The van der Waals surface area contributed by atoms with E-state index >= 15 is 0 Å². The molecule has 1 aromatic carbocycles. The molecule has 0 saturated heterocycles. The summed E-state index contributed by atoms with van der Waals surface area (Å²) in [6.45, 7) is 1.78. The van der Waals surface area contributed by atoms with E-state index in [4.69, 9.17) is 5.11 Å². The van der Waals surface area contributed by atoms with Gasteiger partial charge in [-0.1, -0.05) is 11.3 Å². The molecule has 1 aliphatic carbocycles. The summed E-state index contributed by atoms with van der Waals surface area (Å²) in [6.07, 6.45) is 2.62. The van der Waals surface area contributed by atoms with Crippen LogP contribution in [-0.2, 0) is 4.79 Å². The highest BCUT2D eigenvalue weighted by Gasteiger charge is 2.36. The molecule has 2 aromatic heterocycles. The number of pyridine rings is 1. The van der Waals surface area contributed by atoms with Crippen LogP contribution in [0.3, 0.4) is 0 Å². The minimum absolute atomic E-state index is 0.130. The van der Waals surface area contributed by atoms with Crippen LogP contribution < -0.4 is 5.32 Å². The number of rotatable bonds is 4. The second-order valence-electron chi connectivity index (χ2n) is 6.46. The van der Waals surface area contributed by atoms with Crippen LogP contribution in [0, 0.1) is 12.8 Å². The number of benzene rings is 1. The van der Waals surface area contributed by atoms with E-state index in [1.165, 1.54) is 0 Å². The van der Waals surface area contributed by atoms with Gasteiger partial charge in [0.1, 0.15) is 0 Å². The third-order valence-corrected chi connectivity index (χ3v) is 4.78. The molecular formula is C18H17N5O3. The van der Waals surface area contributed by atoms with E-state index in [0.717, 1.165) is 16.6 Å². The smallest absolute Gasteiger partial charge is 0.306 e. The molecule has 8 heteroatoms. The van der Waals surface area contributed by atoms with E-state index in [2.05, 4.69) is 20.6 Å². The van der Waals surface area contributed by atoms with Gasteiger partial charge < -0.3 is 10.4 Å². The summed E-state index contributed by atoms with van der Waals surface area (Å²) in [5.74, 6) is -1.52. The Labute approximate surface area is 148 Å². The maximum absolute atomic E-state index is 12.5. The second-order valence-corrected chi connectivity index (χ2v) is 6.46. The maximum atomic E-state index is 12.5. The normalized spacial score (nSPS) is 19.1. The number of carboxylic acid groups (broad SMARTS) is 1. The summed E-state index contributed by atoms with van der Waals surface area (Å²) < 4.78 is 1.62. The van der Waals surface area contributed by atoms with Crippen LogP contribution in [0.25, 0.3) is 16.6 Å². The standard InChI is InChI=1S/C18H17N5O3/c1-10-16(17(24)20-12-8-11(9-12)18(25)26)21-22-23(10)15-6-2-5-14-13(15)4-3-7-19-14/h2-7,11-12H,8-9H2,1H3,(H,20,24)(H,25,26). The van der Waals surface area contributed by atoms with Crippen molar-refractivity contribution in [1.82, 2.24) is 25.3 Å². The molecule has 1 amide bonds. The van der Waals surface area contributed by atoms with Crippen LogP contribution in [0.4, 0.5) is 0 Å². The molecule has 8 nitrogen and oxygen atoms in total. The molecule has 0 spiro atoms. The molecule has 26 heavy (non-hydrogen) atoms. The molecule has 1 saturated carbocycles. The Kier molecular flexibility index (Phi) is 3.87. The predicted octanol–water partition coefficient (Wildman–Crippen LogP) is 1.72. The van der Waals surface area contributed by atoms with Gasteiger partial charge in [0, 0.05) is 17.6 Å². The van der Waals surface area contributed by atoms with Crippen molar-refractivity contribution in [2.45, 2.75) is 25.8 Å². The molecule has 1 aliphatic rings. The van der Waals surface area contributed by atoms with Crippen molar-refractivity contribution in [3.8, 4) is 5.69 Å². The lowest BCUT2D eigenvalue weighted by molar-refractivity contribution is -0.145. The molecule has 0 unspecified atom stereocenters. The first kappa shape index (κ1) is 16.2. The molecule has 4 rings (SSSR count). The molecule has 3 aromatic rings. The lowest BCUT2D eigenvalue weighted by Crippen LogP contribution is -2.46. The van der Waals surface area contributed by atoms with Gasteiger partial charge in [-0.2, -0.15) is 0 Å². The van der Waals surface area contributed by atoms with Crippen LogP contribution in [0.2, 0.25) is 0 Å². The molecule has 0 atom stereocenters. The average molecular weight is 351 g/mol. The Balaban J connectivity index is 1.58. The third-order valence-electron chi connectivity index (χ3n) is 4.78. The van der Waals surface area contributed by atoms with Gasteiger partial charge in [0.15, 0.2) is 5.69 Å². The summed E-state index contributed by atoms with van der Waals surface area (Å²) in [5, 5.41) is 20.8. The van der Waals surface area contributed by atoms with Crippen LogP contribution >= 0.6 is 0 Å². The number of fused-ring (bicyclic) bond motifs is 1. The van der Waals surface area contributed by atoms with E-state index in [-0.39, 0.29) is 23.6 Å². The van der Waals surface area contributed by atoms with E-state index in [1.54, 1.807) is 17.8 Å². The first-order chi connectivity index (χ1) is 12.5. The minimum atomic E-state index is -0.817. The highest BCUT2D eigenvalue weighted by molar-refractivity contribution is 5.94. The van der Waals surface area contributed by atoms with Gasteiger partial charge in [-0.25, -0.2) is 4.68 Å². The Morgan fingerprint density at radius 3 is 2.81 bits per heavy atom. The fraction of sp³-hybridized carbons (Fsp3) is 0.278. The summed E-state index contributed by atoms with van der Waals surface area (Å²) in [7, 11) is 0. The van der Waals surface area contributed by atoms with Gasteiger partial charge in [-0.05, 0) is 44.0 Å². The highest BCUT2D eigenvalue weighted by Crippen LogP contribution is 2.28. The van der Waals surface area contributed by atoms with Crippen LogP contribution in [0.1, 0.15) is 29.0 Å². The maximum Gasteiger partial charge on any atom is 0.306 e. The SMILES string of the molecule is Cc1c(C(=O)NC2CC(C(=O)O)C2)nnn1-c1cccc2ncccc12. The van der Waals surface area contributed by atoms with Gasteiger partial charge in [-0.15, -0.1) is 5.10 Å². The number of carbonyl (C=O) groups is 2. The molecular weight excluding hydrogens is 334 g/mol. The van der Waals surface area contributed by atoms with E-state index in [9.17, 15) is 9.59 Å². The number of amides is 1. The quantitative estimate of drug-likeness (QED) is 0.740. The topological polar surface area (TPSA) is 110 Å². The first-order valence-electron chi connectivity index (χ1n) is 8.34. The fourth-order valence-corrected chi connectivity index (χ4v) is 3.23. The zero-order valence-corrected chi connectivity index (χ0v) is 14.1. The Morgan fingerprint density at radius 2 is 2.04 bits per heavy atom. The van der Waals surface area contributed by atoms with Gasteiger partial charge >= 0.3 is 5.97 Å². The third kappa shape index (κ3) is 2.69. The number of carboxylic acids is 1. The van der Waals surface area contributed by atoms with Gasteiger partial charge in [0.25, 0.3) is 5.91 Å².